The first kappa shape index (κ1) is 18.3. The van der Waals surface area contributed by atoms with Crippen LogP contribution in [0.25, 0.3) is 0 Å². The zero-order valence-electron chi connectivity index (χ0n) is 14.9. The Balaban J connectivity index is 1.61. The molecule has 0 aromatic heterocycles. The summed E-state index contributed by atoms with van der Waals surface area (Å²) in [5.41, 5.74) is 2.64. The molecule has 0 saturated heterocycles. The van der Waals surface area contributed by atoms with E-state index < -0.39 is 9.84 Å². The average Bonchev–Trinajstić information content (AvgIpc) is 2.65. The summed E-state index contributed by atoms with van der Waals surface area (Å²) in [6, 6.07) is 10.5. The molecule has 2 aromatic rings. The van der Waals surface area contributed by atoms with Crippen LogP contribution in [-0.4, -0.2) is 33.7 Å². The molecule has 5 nitrogen and oxygen atoms in total. The van der Waals surface area contributed by atoms with Crippen LogP contribution in [-0.2, 0) is 27.5 Å². The molecule has 0 aliphatic carbocycles. The molecule has 1 atom stereocenters. The molecule has 2 aliphatic rings. The topological polar surface area (TPSA) is 63.7 Å². The van der Waals surface area contributed by atoms with Crippen molar-refractivity contribution in [1.82, 2.24) is 0 Å². The molecule has 0 spiro atoms. The average molecular weight is 406 g/mol. The normalized spacial score (nSPS) is 19.0. The lowest BCUT2D eigenvalue weighted by Gasteiger charge is -2.34. The smallest absolute Gasteiger partial charge is 0.233 e. The van der Waals surface area contributed by atoms with Gasteiger partial charge in [-0.15, -0.1) is 0 Å². The molecule has 0 radical (unpaired) electrons. The molecule has 0 bridgehead atoms. The number of sulfone groups is 1. The quantitative estimate of drug-likeness (QED) is 0.769. The highest BCUT2D eigenvalue weighted by molar-refractivity contribution is 7.90. The molecule has 2 aliphatic heterocycles. The fourth-order valence-electron chi connectivity index (χ4n) is 3.78. The van der Waals surface area contributed by atoms with Gasteiger partial charge in [0.15, 0.2) is 9.84 Å². The van der Waals surface area contributed by atoms with Crippen LogP contribution in [0.5, 0.6) is 5.75 Å². The molecule has 2 aromatic carbocycles. The molecule has 2 heterocycles. The first-order valence-corrected chi connectivity index (χ1v) is 11.2. The molecule has 4 rings (SSSR count). The van der Waals surface area contributed by atoms with Gasteiger partial charge in [0.1, 0.15) is 12.4 Å². The second kappa shape index (κ2) is 6.84. The number of hydrogen-bond acceptors (Lipinski definition) is 4. The molecular formula is C20H20ClNO4S. The number of fused-ring (bicyclic) bond motifs is 2. The van der Waals surface area contributed by atoms with Gasteiger partial charge in [0.2, 0.25) is 5.91 Å². The maximum absolute atomic E-state index is 13.2. The van der Waals surface area contributed by atoms with E-state index in [4.69, 9.17) is 16.3 Å². The Hall–Kier alpha value is -2.05. The van der Waals surface area contributed by atoms with Crippen molar-refractivity contribution in [2.45, 2.75) is 24.2 Å². The third kappa shape index (κ3) is 3.56. The number of benzene rings is 2. The number of carbonyl (C=O) groups is 1. The van der Waals surface area contributed by atoms with Crippen molar-refractivity contribution in [1.29, 1.82) is 0 Å². The number of anilines is 1. The summed E-state index contributed by atoms with van der Waals surface area (Å²) >= 11 is 6.07. The highest BCUT2D eigenvalue weighted by atomic mass is 35.5. The molecule has 0 saturated carbocycles. The van der Waals surface area contributed by atoms with Gasteiger partial charge in [0.05, 0.1) is 10.8 Å². The third-order valence-corrected chi connectivity index (χ3v) is 6.49. The van der Waals surface area contributed by atoms with Crippen molar-refractivity contribution in [3.63, 3.8) is 0 Å². The number of nitrogens with zero attached hydrogens (tertiary/aromatic N) is 1. The molecule has 0 fully saturated rings. The van der Waals surface area contributed by atoms with Crippen LogP contribution in [0.1, 0.15) is 17.5 Å². The molecular weight excluding hydrogens is 386 g/mol. The van der Waals surface area contributed by atoms with Crippen LogP contribution in [0.4, 0.5) is 5.69 Å². The second-order valence-electron chi connectivity index (χ2n) is 7.12. The lowest BCUT2D eigenvalue weighted by molar-refractivity contribution is -0.123. The van der Waals surface area contributed by atoms with E-state index in [0.29, 0.717) is 29.5 Å². The third-order valence-electron chi connectivity index (χ3n) is 5.14. The number of ether oxygens (including phenoxy) is 1. The second-order valence-corrected chi connectivity index (χ2v) is 9.57. The number of carbonyl (C=O) groups excluding carboxylic acids is 1. The molecule has 7 heteroatoms. The minimum atomic E-state index is -3.27. The molecule has 0 N–H and O–H groups in total. The van der Waals surface area contributed by atoms with Crippen molar-refractivity contribution in [2.75, 3.05) is 24.3 Å². The Bertz CT molecular complexity index is 1020. The van der Waals surface area contributed by atoms with E-state index in [9.17, 15) is 13.2 Å². The number of aryl methyl sites for hydroxylation is 1. The van der Waals surface area contributed by atoms with E-state index in [0.717, 1.165) is 35.4 Å². The maximum Gasteiger partial charge on any atom is 0.233 e. The Morgan fingerprint density at radius 1 is 1.19 bits per heavy atom. The summed E-state index contributed by atoms with van der Waals surface area (Å²) in [6.45, 7) is 0.962. The predicted octanol–water partition coefficient (Wildman–Crippen LogP) is 3.27. The van der Waals surface area contributed by atoms with Crippen LogP contribution in [0.2, 0.25) is 5.02 Å². The Morgan fingerprint density at radius 3 is 2.78 bits per heavy atom. The maximum atomic E-state index is 13.2. The van der Waals surface area contributed by atoms with Gasteiger partial charge in [-0.2, -0.15) is 0 Å². The van der Waals surface area contributed by atoms with E-state index in [1.54, 1.807) is 29.2 Å². The summed E-state index contributed by atoms with van der Waals surface area (Å²) in [4.78, 5) is 15.3. The number of halogens is 1. The van der Waals surface area contributed by atoms with Gasteiger partial charge in [-0.25, -0.2) is 8.42 Å². The van der Waals surface area contributed by atoms with Crippen molar-refractivity contribution < 1.29 is 17.9 Å². The summed E-state index contributed by atoms with van der Waals surface area (Å²) in [5, 5.41) is 0.627. The zero-order chi connectivity index (χ0) is 19.2. The molecule has 142 valence electrons. The monoisotopic (exact) mass is 405 g/mol. The zero-order valence-corrected chi connectivity index (χ0v) is 16.5. The highest BCUT2D eigenvalue weighted by Gasteiger charge is 2.32. The fraction of sp³-hybridized carbons (Fsp3) is 0.350. The van der Waals surface area contributed by atoms with Crippen molar-refractivity contribution in [3.05, 3.63) is 52.5 Å². The lowest BCUT2D eigenvalue weighted by atomic mass is 9.93. The SMILES string of the molecule is CS(=O)(=O)c1ccc2c(c1)CCCN2C(=O)C1COc2ccc(Cl)cc2C1. The van der Waals surface area contributed by atoms with Gasteiger partial charge in [-0.1, -0.05) is 11.6 Å². The predicted molar refractivity (Wildman–Crippen MR) is 104 cm³/mol. The largest absolute Gasteiger partial charge is 0.492 e. The van der Waals surface area contributed by atoms with E-state index in [2.05, 4.69) is 0 Å². The number of amides is 1. The van der Waals surface area contributed by atoms with Crippen LogP contribution >= 0.6 is 11.6 Å². The van der Waals surface area contributed by atoms with Crippen molar-refractivity contribution in [3.8, 4) is 5.75 Å². The van der Waals surface area contributed by atoms with Crippen molar-refractivity contribution >= 4 is 33.0 Å². The first-order valence-electron chi connectivity index (χ1n) is 8.88. The van der Waals surface area contributed by atoms with Crippen molar-refractivity contribution in [2.24, 2.45) is 5.92 Å². The highest BCUT2D eigenvalue weighted by Crippen LogP contribution is 2.34. The summed E-state index contributed by atoms with van der Waals surface area (Å²) in [7, 11) is -3.27. The minimum absolute atomic E-state index is 0.00804. The van der Waals surface area contributed by atoms with E-state index in [1.807, 2.05) is 12.1 Å². The summed E-state index contributed by atoms with van der Waals surface area (Å²) in [6.07, 6.45) is 3.36. The van der Waals surface area contributed by atoms with Crippen LogP contribution in [0.15, 0.2) is 41.3 Å². The van der Waals surface area contributed by atoms with Gasteiger partial charge in [0, 0.05) is 23.5 Å². The Morgan fingerprint density at radius 2 is 2.00 bits per heavy atom. The summed E-state index contributed by atoms with van der Waals surface area (Å²) in [5.74, 6) is 0.505. The van der Waals surface area contributed by atoms with Crippen LogP contribution in [0.3, 0.4) is 0 Å². The number of rotatable bonds is 2. The molecule has 1 amide bonds. The van der Waals surface area contributed by atoms with Gasteiger partial charge in [0.25, 0.3) is 0 Å². The van der Waals surface area contributed by atoms with E-state index >= 15 is 0 Å². The Kier molecular flexibility index (Phi) is 4.64. The number of hydrogen-bond donors (Lipinski definition) is 0. The first-order chi connectivity index (χ1) is 12.8. The fourth-order valence-corrected chi connectivity index (χ4v) is 4.64. The molecule has 27 heavy (non-hydrogen) atoms. The van der Waals surface area contributed by atoms with E-state index in [1.165, 1.54) is 6.26 Å². The van der Waals surface area contributed by atoms with Crippen LogP contribution < -0.4 is 9.64 Å². The standard InChI is InChI=1S/C20H20ClNO4S/c1-27(24,25)17-5-6-18-13(11-17)3-2-8-22(18)20(23)15-9-14-10-16(21)4-7-19(14)26-12-15/h4-7,10-11,15H,2-3,8-9,12H2,1H3. The van der Waals surface area contributed by atoms with Gasteiger partial charge >= 0.3 is 0 Å². The van der Waals surface area contributed by atoms with Gasteiger partial charge in [-0.3, -0.25) is 4.79 Å². The Labute approximate surface area is 163 Å². The van der Waals surface area contributed by atoms with Crippen LogP contribution in [0, 0.1) is 5.92 Å². The summed E-state index contributed by atoms with van der Waals surface area (Å²) < 4.78 is 29.4. The van der Waals surface area contributed by atoms with E-state index in [-0.39, 0.29) is 11.8 Å². The lowest BCUT2D eigenvalue weighted by Crippen LogP contribution is -2.43. The van der Waals surface area contributed by atoms with Gasteiger partial charge < -0.3 is 9.64 Å². The molecule has 1 unspecified atom stereocenters. The minimum Gasteiger partial charge on any atom is -0.492 e. The van der Waals surface area contributed by atoms with Gasteiger partial charge in [-0.05, 0) is 66.8 Å².